The molecular weight excluding hydrogens is 260 g/mol. The first-order valence-corrected chi connectivity index (χ1v) is 8.54. The van der Waals surface area contributed by atoms with Crippen molar-refractivity contribution in [2.24, 2.45) is 5.92 Å². The van der Waals surface area contributed by atoms with Crippen molar-refractivity contribution in [3.05, 3.63) is 29.6 Å². The quantitative estimate of drug-likeness (QED) is 0.903. The van der Waals surface area contributed by atoms with Crippen molar-refractivity contribution < 1.29 is 8.42 Å². The minimum atomic E-state index is -3.22. The number of nitrogens with one attached hydrogen (secondary N) is 1. The van der Waals surface area contributed by atoms with Crippen molar-refractivity contribution >= 4 is 10.0 Å². The smallest absolute Gasteiger partial charge is 0.212 e. The molecule has 1 aliphatic rings. The monoisotopic (exact) mass is 282 g/mol. The topological polar surface area (TPSA) is 59.1 Å². The number of aryl methyl sites for hydroxylation is 1. The van der Waals surface area contributed by atoms with Crippen LogP contribution in [0.4, 0.5) is 0 Å². The number of aromatic nitrogens is 1. The molecule has 0 saturated heterocycles. The van der Waals surface area contributed by atoms with Gasteiger partial charge in [-0.2, -0.15) is 0 Å². The predicted octanol–water partition coefficient (Wildman–Crippen LogP) is 2.56. The first-order chi connectivity index (χ1) is 8.98. The Bertz CT molecular complexity index is 522. The lowest BCUT2D eigenvalue weighted by Crippen LogP contribution is -2.32. The summed E-state index contributed by atoms with van der Waals surface area (Å²) >= 11 is 0. The highest BCUT2D eigenvalue weighted by molar-refractivity contribution is 7.89. The predicted molar refractivity (Wildman–Crippen MR) is 76.3 cm³/mol. The van der Waals surface area contributed by atoms with Crippen molar-refractivity contribution in [1.29, 1.82) is 0 Å². The molecule has 0 spiro atoms. The second-order valence-electron chi connectivity index (χ2n) is 5.48. The Morgan fingerprint density at radius 1 is 1.42 bits per heavy atom. The highest BCUT2D eigenvalue weighted by Gasteiger charge is 2.24. The molecule has 1 atom stereocenters. The minimum absolute atomic E-state index is 0.253. The van der Waals surface area contributed by atoms with Crippen LogP contribution in [0.2, 0.25) is 0 Å². The zero-order valence-electron chi connectivity index (χ0n) is 11.6. The van der Waals surface area contributed by atoms with Gasteiger partial charge in [0.25, 0.3) is 0 Å². The summed E-state index contributed by atoms with van der Waals surface area (Å²) in [6.45, 7) is 3.80. The highest BCUT2D eigenvalue weighted by atomic mass is 32.2. The maximum Gasteiger partial charge on any atom is 0.212 e. The molecule has 1 aliphatic carbocycles. The molecule has 0 unspecified atom stereocenters. The van der Waals surface area contributed by atoms with Crippen molar-refractivity contribution in [2.45, 2.75) is 45.6 Å². The van der Waals surface area contributed by atoms with Gasteiger partial charge in [0.1, 0.15) is 0 Å². The van der Waals surface area contributed by atoms with E-state index in [0.29, 0.717) is 5.92 Å². The molecule has 4 nitrogen and oxygen atoms in total. The normalized spacial score (nSPS) is 18.6. The van der Waals surface area contributed by atoms with Crippen molar-refractivity contribution in [2.75, 3.05) is 5.75 Å². The molecule has 1 fully saturated rings. The number of hydrogen-bond acceptors (Lipinski definition) is 3. The molecule has 106 valence electrons. The second-order valence-corrected chi connectivity index (χ2v) is 7.28. The minimum Gasteiger partial charge on any atom is -0.259 e. The Balaban J connectivity index is 2.01. The van der Waals surface area contributed by atoms with Gasteiger partial charge in [-0.15, -0.1) is 0 Å². The van der Waals surface area contributed by atoms with E-state index in [2.05, 4.69) is 9.71 Å². The van der Waals surface area contributed by atoms with Crippen molar-refractivity contribution in [1.82, 2.24) is 9.71 Å². The lowest BCUT2D eigenvalue weighted by atomic mass is 10.1. The molecule has 0 aromatic carbocycles. The summed E-state index contributed by atoms with van der Waals surface area (Å²) in [4.78, 5) is 4.27. The molecule has 1 aromatic rings. The van der Waals surface area contributed by atoms with Crippen LogP contribution < -0.4 is 4.72 Å². The van der Waals surface area contributed by atoms with Gasteiger partial charge in [-0.05, 0) is 44.2 Å². The van der Waals surface area contributed by atoms with Gasteiger partial charge in [-0.25, -0.2) is 13.1 Å². The largest absolute Gasteiger partial charge is 0.259 e. The highest BCUT2D eigenvalue weighted by Crippen LogP contribution is 2.26. The molecule has 19 heavy (non-hydrogen) atoms. The van der Waals surface area contributed by atoms with Crippen LogP contribution in [0, 0.1) is 12.8 Å². The molecule has 5 heteroatoms. The van der Waals surface area contributed by atoms with E-state index in [1.54, 1.807) is 6.20 Å². The van der Waals surface area contributed by atoms with Crippen LogP contribution in [0.5, 0.6) is 0 Å². The number of hydrogen-bond donors (Lipinski definition) is 1. The molecule has 0 bridgehead atoms. The van der Waals surface area contributed by atoms with Crippen LogP contribution in [-0.4, -0.2) is 19.2 Å². The molecule has 1 heterocycles. The molecule has 0 amide bonds. The third-order valence-electron chi connectivity index (χ3n) is 3.75. The molecular formula is C14H22N2O2S. The van der Waals surface area contributed by atoms with Crippen LogP contribution in [-0.2, 0) is 10.0 Å². The third-order valence-corrected chi connectivity index (χ3v) is 5.37. The molecule has 0 radical (unpaired) electrons. The van der Waals surface area contributed by atoms with E-state index in [1.807, 2.05) is 26.0 Å². The number of rotatable bonds is 5. The van der Waals surface area contributed by atoms with Gasteiger partial charge in [0, 0.05) is 6.20 Å². The fourth-order valence-electron chi connectivity index (χ4n) is 2.81. The summed E-state index contributed by atoms with van der Waals surface area (Å²) in [6.07, 6.45) is 6.10. The molecule has 1 N–H and O–H groups in total. The summed E-state index contributed by atoms with van der Waals surface area (Å²) in [5, 5.41) is 0. The number of nitrogens with zero attached hydrogens (tertiary/aromatic N) is 1. The van der Waals surface area contributed by atoms with E-state index >= 15 is 0 Å². The second kappa shape index (κ2) is 6.01. The van der Waals surface area contributed by atoms with E-state index in [-0.39, 0.29) is 11.8 Å². The van der Waals surface area contributed by atoms with Gasteiger partial charge in [-0.3, -0.25) is 4.98 Å². The van der Waals surface area contributed by atoms with E-state index < -0.39 is 10.0 Å². The average Bonchev–Trinajstić information content (AvgIpc) is 2.80. The van der Waals surface area contributed by atoms with Crippen LogP contribution in [0.3, 0.4) is 0 Å². The van der Waals surface area contributed by atoms with E-state index in [4.69, 9.17) is 0 Å². The first-order valence-electron chi connectivity index (χ1n) is 6.89. The Hall–Kier alpha value is -0.940. The van der Waals surface area contributed by atoms with E-state index in [0.717, 1.165) is 36.9 Å². The van der Waals surface area contributed by atoms with Gasteiger partial charge >= 0.3 is 0 Å². The Morgan fingerprint density at radius 2 is 2.11 bits per heavy atom. The fourth-order valence-corrected chi connectivity index (χ4v) is 4.51. The fraction of sp³-hybridized carbons (Fsp3) is 0.643. The zero-order chi connectivity index (χ0) is 13.9. The maximum absolute atomic E-state index is 12.1. The molecule has 1 saturated carbocycles. The van der Waals surface area contributed by atoms with Gasteiger partial charge in [0.15, 0.2) is 0 Å². The molecule has 2 rings (SSSR count). The van der Waals surface area contributed by atoms with Gasteiger partial charge in [0.2, 0.25) is 10.0 Å². The summed E-state index contributed by atoms with van der Waals surface area (Å²) in [7, 11) is -3.22. The standard InChI is InChI=1S/C14H22N2O2S/c1-11-6-5-9-15-14(11)12(2)16-19(17,18)10-13-7-3-4-8-13/h5-6,9,12-13,16H,3-4,7-8,10H2,1-2H3/t12-/m1/s1. The molecule has 0 aliphatic heterocycles. The van der Waals surface area contributed by atoms with Crippen molar-refractivity contribution in [3.63, 3.8) is 0 Å². The Morgan fingerprint density at radius 3 is 2.74 bits per heavy atom. The average molecular weight is 282 g/mol. The summed E-state index contributed by atoms with van der Waals surface area (Å²) < 4.78 is 27.0. The van der Waals surface area contributed by atoms with Gasteiger partial charge < -0.3 is 0 Å². The van der Waals surface area contributed by atoms with Crippen LogP contribution >= 0.6 is 0 Å². The lowest BCUT2D eigenvalue weighted by molar-refractivity contribution is 0.535. The van der Waals surface area contributed by atoms with Crippen LogP contribution in [0.25, 0.3) is 0 Å². The van der Waals surface area contributed by atoms with Crippen LogP contribution in [0.1, 0.15) is 49.9 Å². The SMILES string of the molecule is Cc1cccnc1[C@@H](C)NS(=O)(=O)CC1CCCC1. The van der Waals surface area contributed by atoms with Crippen LogP contribution in [0.15, 0.2) is 18.3 Å². The van der Waals surface area contributed by atoms with E-state index in [9.17, 15) is 8.42 Å². The molecule has 1 aromatic heterocycles. The first kappa shape index (κ1) is 14.5. The van der Waals surface area contributed by atoms with Gasteiger partial charge in [0.05, 0.1) is 17.5 Å². The Kier molecular flexibility index (Phi) is 4.58. The third kappa shape index (κ3) is 4.01. The summed E-state index contributed by atoms with van der Waals surface area (Å²) in [5.41, 5.74) is 1.82. The van der Waals surface area contributed by atoms with E-state index in [1.165, 1.54) is 0 Å². The maximum atomic E-state index is 12.1. The summed E-state index contributed by atoms with van der Waals surface area (Å²) in [5.74, 6) is 0.581. The lowest BCUT2D eigenvalue weighted by Gasteiger charge is -2.17. The Labute approximate surface area is 115 Å². The summed E-state index contributed by atoms with van der Waals surface area (Å²) in [6, 6.07) is 3.54. The number of pyridine rings is 1. The van der Waals surface area contributed by atoms with Crippen molar-refractivity contribution in [3.8, 4) is 0 Å². The van der Waals surface area contributed by atoms with Gasteiger partial charge in [-0.1, -0.05) is 18.9 Å². The number of sulfonamides is 1. The zero-order valence-corrected chi connectivity index (χ0v) is 12.4.